The molecule has 1 atom stereocenters. The second-order valence-corrected chi connectivity index (χ2v) is 5.63. The highest BCUT2D eigenvalue weighted by atomic mass is 16.5. The van der Waals surface area contributed by atoms with Crippen LogP contribution in [0.5, 0.6) is 0 Å². The molecule has 1 aliphatic carbocycles. The number of ether oxygens (including phenoxy) is 1. The molecule has 2 rings (SSSR count). The fraction of sp³-hybridized carbons (Fsp3) is 1.00. The fourth-order valence-electron chi connectivity index (χ4n) is 3.45. The van der Waals surface area contributed by atoms with Crippen LogP contribution >= 0.6 is 0 Å². The van der Waals surface area contributed by atoms with Crippen LogP contribution in [0.1, 0.15) is 58.8 Å². The van der Waals surface area contributed by atoms with Gasteiger partial charge in [0.15, 0.2) is 0 Å². The average molecular weight is 225 g/mol. The quantitative estimate of drug-likeness (QED) is 0.797. The van der Waals surface area contributed by atoms with Crippen molar-refractivity contribution in [1.82, 2.24) is 5.32 Å². The van der Waals surface area contributed by atoms with Gasteiger partial charge in [0.2, 0.25) is 0 Å². The highest BCUT2D eigenvalue weighted by molar-refractivity contribution is 4.93. The van der Waals surface area contributed by atoms with Gasteiger partial charge >= 0.3 is 0 Å². The topological polar surface area (TPSA) is 21.3 Å². The summed E-state index contributed by atoms with van der Waals surface area (Å²) in [6.07, 6.45) is 9.17. The van der Waals surface area contributed by atoms with Crippen molar-refractivity contribution in [3.05, 3.63) is 0 Å². The summed E-state index contributed by atoms with van der Waals surface area (Å²) in [5.41, 5.74) is 0.247. The summed E-state index contributed by atoms with van der Waals surface area (Å²) in [5.74, 6) is 0.966. The lowest BCUT2D eigenvalue weighted by molar-refractivity contribution is -0.115. The molecule has 1 unspecified atom stereocenters. The predicted molar refractivity (Wildman–Crippen MR) is 67.6 cm³/mol. The van der Waals surface area contributed by atoms with Gasteiger partial charge < -0.3 is 10.1 Å². The third-order valence-corrected chi connectivity index (χ3v) is 4.58. The molecule has 2 aliphatic rings. The number of hydrogen-bond acceptors (Lipinski definition) is 2. The Hall–Kier alpha value is -0.0800. The van der Waals surface area contributed by atoms with Crippen molar-refractivity contribution in [2.75, 3.05) is 13.2 Å². The van der Waals surface area contributed by atoms with Crippen LogP contribution in [-0.4, -0.2) is 24.8 Å². The molecule has 0 aromatic rings. The Morgan fingerprint density at radius 3 is 2.56 bits per heavy atom. The molecule has 1 saturated heterocycles. The van der Waals surface area contributed by atoms with Crippen molar-refractivity contribution in [3.8, 4) is 0 Å². The highest BCUT2D eigenvalue weighted by Crippen LogP contribution is 2.41. The zero-order valence-electron chi connectivity index (χ0n) is 10.9. The first kappa shape index (κ1) is 12.4. The van der Waals surface area contributed by atoms with Gasteiger partial charge in [0.25, 0.3) is 0 Å². The van der Waals surface area contributed by atoms with Crippen LogP contribution in [0.4, 0.5) is 0 Å². The summed E-state index contributed by atoms with van der Waals surface area (Å²) in [6.45, 7) is 6.59. The van der Waals surface area contributed by atoms with Crippen LogP contribution in [0.2, 0.25) is 0 Å². The Kier molecular flexibility index (Phi) is 4.26. The van der Waals surface area contributed by atoms with E-state index in [9.17, 15) is 0 Å². The van der Waals surface area contributed by atoms with Crippen molar-refractivity contribution < 1.29 is 4.74 Å². The van der Waals surface area contributed by atoms with Gasteiger partial charge in [0.1, 0.15) is 0 Å². The normalized spacial score (nSPS) is 40.1. The van der Waals surface area contributed by atoms with Crippen molar-refractivity contribution in [1.29, 1.82) is 0 Å². The molecule has 2 heteroatoms. The number of nitrogens with one attached hydrogen (secondary N) is 1. The largest absolute Gasteiger partial charge is 0.375 e. The second-order valence-electron chi connectivity index (χ2n) is 5.63. The summed E-state index contributed by atoms with van der Waals surface area (Å²) < 4.78 is 6.14. The number of rotatable bonds is 3. The molecule has 2 nitrogen and oxygen atoms in total. The Morgan fingerprint density at radius 2 is 1.94 bits per heavy atom. The zero-order chi connectivity index (χ0) is 11.4. The van der Waals surface area contributed by atoms with E-state index in [2.05, 4.69) is 19.2 Å². The van der Waals surface area contributed by atoms with Gasteiger partial charge in [-0.15, -0.1) is 0 Å². The van der Waals surface area contributed by atoms with E-state index in [0.717, 1.165) is 19.1 Å². The van der Waals surface area contributed by atoms with Crippen LogP contribution in [-0.2, 0) is 4.74 Å². The molecule has 1 aliphatic heterocycles. The minimum Gasteiger partial charge on any atom is -0.375 e. The summed E-state index contributed by atoms with van der Waals surface area (Å²) in [6, 6.07) is 0.705. The lowest BCUT2D eigenvalue weighted by Crippen LogP contribution is -2.48. The molecular weight excluding hydrogens is 198 g/mol. The van der Waals surface area contributed by atoms with Gasteiger partial charge in [-0.25, -0.2) is 0 Å². The van der Waals surface area contributed by atoms with Gasteiger partial charge in [-0.1, -0.05) is 20.3 Å². The second kappa shape index (κ2) is 5.50. The maximum absolute atomic E-state index is 6.14. The van der Waals surface area contributed by atoms with Crippen LogP contribution < -0.4 is 5.32 Å². The molecule has 0 bridgehead atoms. The zero-order valence-corrected chi connectivity index (χ0v) is 10.9. The summed E-state index contributed by atoms with van der Waals surface area (Å²) >= 11 is 0. The van der Waals surface area contributed by atoms with Gasteiger partial charge in [-0.05, 0) is 51.0 Å². The first-order valence-corrected chi connectivity index (χ1v) is 7.15. The molecule has 1 saturated carbocycles. The van der Waals surface area contributed by atoms with E-state index in [0.29, 0.717) is 6.04 Å². The molecule has 0 radical (unpaired) electrons. The van der Waals surface area contributed by atoms with E-state index in [4.69, 9.17) is 4.74 Å². The first-order chi connectivity index (χ1) is 7.78. The highest BCUT2D eigenvalue weighted by Gasteiger charge is 2.39. The number of hydrogen-bond donors (Lipinski definition) is 1. The van der Waals surface area contributed by atoms with E-state index in [1.165, 1.54) is 44.9 Å². The van der Waals surface area contributed by atoms with Crippen molar-refractivity contribution in [3.63, 3.8) is 0 Å². The molecule has 2 fully saturated rings. The van der Waals surface area contributed by atoms with Gasteiger partial charge in [-0.2, -0.15) is 0 Å². The molecule has 16 heavy (non-hydrogen) atoms. The molecule has 1 N–H and O–H groups in total. The van der Waals surface area contributed by atoms with E-state index in [1.807, 2.05) is 0 Å². The minimum atomic E-state index is 0.247. The van der Waals surface area contributed by atoms with Gasteiger partial charge in [-0.3, -0.25) is 0 Å². The van der Waals surface area contributed by atoms with Crippen molar-refractivity contribution in [2.24, 2.45) is 5.92 Å². The minimum absolute atomic E-state index is 0.247. The van der Waals surface area contributed by atoms with Crippen LogP contribution in [0.3, 0.4) is 0 Å². The Labute approximate surface area is 100 Å². The van der Waals surface area contributed by atoms with Gasteiger partial charge in [0.05, 0.1) is 5.60 Å². The summed E-state index contributed by atoms with van der Waals surface area (Å²) in [7, 11) is 0. The lowest BCUT2D eigenvalue weighted by atomic mass is 9.73. The molecule has 0 aromatic heterocycles. The SMILES string of the molecule is CCNC1CCOC2(CCC(CC)CC2)C1. The third kappa shape index (κ3) is 2.78. The summed E-state index contributed by atoms with van der Waals surface area (Å²) in [4.78, 5) is 0. The van der Waals surface area contributed by atoms with E-state index >= 15 is 0 Å². The maximum atomic E-state index is 6.14. The van der Waals surface area contributed by atoms with Crippen molar-refractivity contribution >= 4 is 0 Å². The average Bonchev–Trinajstić information content (AvgIpc) is 2.31. The monoisotopic (exact) mass is 225 g/mol. The van der Waals surface area contributed by atoms with E-state index in [-0.39, 0.29) is 5.60 Å². The van der Waals surface area contributed by atoms with Crippen LogP contribution in [0.15, 0.2) is 0 Å². The standard InChI is InChI=1S/C14H27NO/c1-3-12-5-8-14(9-6-12)11-13(15-4-2)7-10-16-14/h12-13,15H,3-11H2,1-2H3. The molecular formula is C14H27NO. The first-order valence-electron chi connectivity index (χ1n) is 7.15. The maximum Gasteiger partial charge on any atom is 0.0697 e. The Balaban J connectivity index is 1.88. The predicted octanol–water partition coefficient (Wildman–Crippen LogP) is 3.11. The molecule has 0 amide bonds. The van der Waals surface area contributed by atoms with Crippen LogP contribution in [0, 0.1) is 5.92 Å². The molecule has 94 valence electrons. The third-order valence-electron chi connectivity index (χ3n) is 4.58. The van der Waals surface area contributed by atoms with Crippen molar-refractivity contribution in [2.45, 2.75) is 70.4 Å². The molecule has 1 heterocycles. The van der Waals surface area contributed by atoms with E-state index < -0.39 is 0 Å². The van der Waals surface area contributed by atoms with E-state index in [1.54, 1.807) is 0 Å². The fourth-order valence-corrected chi connectivity index (χ4v) is 3.45. The molecule has 1 spiro atoms. The Bertz CT molecular complexity index is 207. The van der Waals surface area contributed by atoms with Gasteiger partial charge in [0, 0.05) is 12.6 Å². The lowest BCUT2D eigenvalue weighted by Gasteiger charge is -2.45. The Morgan fingerprint density at radius 1 is 1.19 bits per heavy atom. The summed E-state index contributed by atoms with van der Waals surface area (Å²) in [5, 5.41) is 3.60. The molecule has 0 aromatic carbocycles. The van der Waals surface area contributed by atoms with Crippen LogP contribution in [0.25, 0.3) is 0 Å². The smallest absolute Gasteiger partial charge is 0.0697 e.